The number of hydrogen-bond donors (Lipinski definition) is 4. The number of aromatic nitrogens is 2. The maximum Gasteiger partial charge on any atom is 0.252 e. The highest BCUT2D eigenvalue weighted by molar-refractivity contribution is 6.31. The van der Waals surface area contributed by atoms with Crippen molar-refractivity contribution in [2.24, 2.45) is 0 Å². The zero-order valence-corrected chi connectivity index (χ0v) is 26.0. The van der Waals surface area contributed by atoms with Crippen molar-refractivity contribution in [3.8, 4) is 5.75 Å². The van der Waals surface area contributed by atoms with Crippen molar-refractivity contribution in [3.63, 3.8) is 0 Å². The van der Waals surface area contributed by atoms with Gasteiger partial charge in [0.2, 0.25) is 11.8 Å². The third-order valence-electron chi connectivity index (χ3n) is 7.66. The van der Waals surface area contributed by atoms with E-state index in [1.165, 1.54) is 6.92 Å². The highest BCUT2D eigenvalue weighted by Crippen LogP contribution is 2.23. The number of imidazole rings is 1. The Balaban J connectivity index is 1.40. The number of carbonyl (C=O) groups excluding carboxylic acids is 3. The van der Waals surface area contributed by atoms with Gasteiger partial charge in [0.05, 0.1) is 43.3 Å². The molecule has 4 aromatic rings. The van der Waals surface area contributed by atoms with Crippen LogP contribution in [0.2, 0.25) is 5.02 Å². The molecule has 0 radical (unpaired) electrons. The molecule has 0 saturated carbocycles. The van der Waals surface area contributed by atoms with Gasteiger partial charge in [0, 0.05) is 23.7 Å². The summed E-state index contributed by atoms with van der Waals surface area (Å²) in [4.78, 5) is 46.0. The van der Waals surface area contributed by atoms with Crippen LogP contribution in [0.15, 0.2) is 66.7 Å². The van der Waals surface area contributed by atoms with Crippen molar-refractivity contribution in [2.45, 2.75) is 39.1 Å². The average molecular weight is 633 g/mol. The summed E-state index contributed by atoms with van der Waals surface area (Å²) >= 11 is 6.51. The molecule has 236 valence electrons. The maximum atomic E-state index is 13.1. The molecule has 2 atom stereocenters. The van der Waals surface area contributed by atoms with Crippen LogP contribution in [0.4, 0.5) is 0 Å². The second-order valence-electron chi connectivity index (χ2n) is 11.1. The number of halogens is 1. The van der Waals surface area contributed by atoms with Gasteiger partial charge in [-0.15, -0.1) is 0 Å². The van der Waals surface area contributed by atoms with Gasteiger partial charge >= 0.3 is 0 Å². The summed E-state index contributed by atoms with van der Waals surface area (Å²) in [6.07, 6.45) is -1.15. The van der Waals surface area contributed by atoms with E-state index in [0.29, 0.717) is 30.4 Å². The molecule has 0 fully saturated rings. The fraction of sp³-hybridized carbons (Fsp3) is 0.333. The zero-order valence-electron chi connectivity index (χ0n) is 25.3. The van der Waals surface area contributed by atoms with Crippen LogP contribution >= 0.6 is 11.6 Å². The molecule has 45 heavy (non-hydrogen) atoms. The molecular formula is C33H37ClN6O5. The van der Waals surface area contributed by atoms with Crippen LogP contribution in [0, 0.1) is 6.92 Å². The van der Waals surface area contributed by atoms with Crippen LogP contribution in [0.3, 0.4) is 0 Å². The van der Waals surface area contributed by atoms with Gasteiger partial charge in [0.25, 0.3) is 5.91 Å². The summed E-state index contributed by atoms with van der Waals surface area (Å²) in [6, 6.07) is 19.2. The van der Waals surface area contributed by atoms with E-state index < -0.39 is 24.0 Å². The van der Waals surface area contributed by atoms with Crippen LogP contribution in [0.25, 0.3) is 11.0 Å². The van der Waals surface area contributed by atoms with E-state index in [1.54, 1.807) is 18.2 Å². The number of benzene rings is 3. The minimum atomic E-state index is -1.18. The number of aliphatic hydroxyl groups is 1. The molecule has 1 aromatic heterocycles. The van der Waals surface area contributed by atoms with Crippen LogP contribution in [0.5, 0.6) is 5.75 Å². The van der Waals surface area contributed by atoms with Crippen LogP contribution in [0.1, 0.15) is 34.2 Å². The summed E-state index contributed by atoms with van der Waals surface area (Å²) in [5, 5.41) is 19.3. The first-order chi connectivity index (χ1) is 21.7. The topological polar surface area (TPSA) is 138 Å². The number of amides is 3. The smallest absolute Gasteiger partial charge is 0.252 e. The third kappa shape index (κ3) is 7.99. The second-order valence-corrected chi connectivity index (χ2v) is 11.5. The number of nitrogens with one attached hydrogen (secondary N) is 3. The first-order valence-electron chi connectivity index (χ1n) is 14.9. The lowest BCUT2D eigenvalue weighted by Crippen LogP contribution is -2.53. The van der Waals surface area contributed by atoms with Gasteiger partial charge in [-0.3, -0.25) is 19.3 Å². The average Bonchev–Trinajstić information content (AvgIpc) is 3.35. The largest absolute Gasteiger partial charge is 0.491 e. The fourth-order valence-corrected chi connectivity index (χ4v) is 5.41. The van der Waals surface area contributed by atoms with Gasteiger partial charge in [0.15, 0.2) is 0 Å². The lowest BCUT2D eigenvalue weighted by molar-refractivity contribution is -0.125. The Bertz CT molecular complexity index is 1690. The quantitative estimate of drug-likeness (QED) is 0.265. The number of rotatable bonds is 5. The summed E-state index contributed by atoms with van der Waals surface area (Å²) in [5.41, 5.74) is 3.78. The van der Waals surface area contributed by atoms with Gasteiger partial charge in [0.1, 0.15) is 24.2 Å². The molecule has 0 spiro atoms. The van der Waals surface area contributed by atoms with E-state index in [1.807, 2.05) is 60.4 Å². The number of nitrogens with zero attached hydrogens (tertiary/aromatic N) is 3. The number of ether oxygens (including phenoxy) is 1. The molecule has 0 saturated heterocycles. The standard InChI is InChI=1S/C33H37ClN6O5/c1-21-11-12-23-17-28(21)45-16-14-35-30(42)20-39(15-13-36-33(44)31(22(2)41)38-32(23)43)19-29-37-26-9-5-6-10-27(26)40(29)18-24-7-3-4-8-25(24)34/h3-12,17,22,31,41H,13-16,18-20H2,1-2H3,(H,35,42)(H,36,44)(H,38,43)/t22-,31+/m1/s1. The Kier molecular flexibility index (Phi) is 10.3. The first-order valence-corrected chi connectivity index (χ1v) is 15.2. The molecule has 0 aliphatic carbocycles. The van der Waals surface area contributed by atoms with Crippen LogP contribution < -0.4 is 20.7 Å². The van der Waals surface area contributed by atoms with Crippen molar-refractivity contribution in [3.05, 3.63) is 94.3 Å². The zero-order chi connectivity index (χ0) is 31.9. The van der Waals surface area contributed by atoms with Crippen molar-refractivity contribution < 1.29 is 24.2 Å². The first kappa shape index (κ1) is 32.0. The molecule has 3 amide bonds. The number of para-hydroxylation sites is 2. The van der Waals surface area contributed by atoms with Crippen molar-refractivity contribution in [2.75, 3.05) is 32.8 Å². The van der Waals surface area contributed by atoms with Gasteiger partial charge in [-0.25, -0.2) is 4.98 Å². The normalized spacial score (nSPS) is 18.0. The Labute approximate surface area is 266 Å². The molecule has 1 aliphatic heterocycles. The van der Waals surface area contributed by atoms with Crippen molar-refractivity contribution >= 4 is 40.4 Å². The van der Waals surface area contributed by atoms with Crippen LogP contribution in [-0.4, -0.2) is 82.2 Å². The predicted octanol–water partition coefficient (Wildman–Crippen LogP) is 2.65. The molecular weight excluding hydrogens is 596 g/mol. The number of aliphatic hydroxyl groups excluding tert-OH is 1. The molecule has 2 bridgehead atoms. The van der Waals surface area contributed by atoms with E-state index in [0.717, 1.165) is 28.0 Å². The summed E-state index contributed by atoms with van der Waals surface area (Å²) in [5.74, 6) is -0.0574. The second kappa shape index (κ2) is 14.6. The third-order valence-corrected chi connectivity index (χ3v) is 8.03. The van der Waals surface area contributed by atoms with Crippen LogP contribution in [-0.2, 0) is 22.7 Å². The fourth-order valence-electron chi connectivity index (χ4n) is 5.22. The van der Waals surface area contributed by atoms with E-state index in [4.69, 9.17) is 21.3 Å². The lowest BCUT2D eigenvalue weighted by atomic mass is 10.1. The van der Waals surface area contributed by atoms with Gasteiger partial charge in [-0.05, 0) is 55.3 Å². The Morgan fingerprint density at radius 3 is 2.60 bits per heavy atom. The summed E-state index contributed by atoms with van der Waals surface area (Å²) in [6.45, 7) is 5.03. The Morgan fingerprint density at radius 2 is 1.80 bits per heavy atom. The molecule has 0 unspecified atom stereocenters. The Morgan fingerprint density at radius 1 is 1.02 bits per heavy atom. The predicted molar refractivity (Wildman–Crippen MR) is 171 cm³/mol. The highest BCUT2D eigenvalue weighted by atomic mass is 35.5. The monoisotopic (exact) mass is 632 g/mol. The molecule has 11 nitrogen and oxygen atoms in total. The minimum Gasteiger partial charge on any atom is -0.491 e. The highest BCUT2D eigenvalue weighted by Gasteiger charge is 2.27. The van der Waals surface area contributed by atoms with Gasteiger partial charge in [-0.1, -0.05) is 48.0 Å². The number of fused-ring (bicyclic) bond motifs is 3. The number of hydrogen-bond acceptors (Lipinski definition) is 7. The number of aryl methyl sites for hydroxylation is 1. The van der Waals surface area contributed by atoms with Crippen molar-refractivity contribution in [1.82, 2.24) is 30.4 Å². The number of carbonyl (C=O) groups is 3. The van der Waals surface area contributed by atoms with E-state index >= 15 is 0 Å². The molecule has 3 aromatic carbocycles. The Hall–Kier alpha value is -4.45. The molecule has 1 aliphatic rings. The molecule has 12 heteroatoms. The summed E-state index contributed by atoms with van der Waals surface area (Å²) in [7, 11) is 0. The molecule has 5 rings (SSSR count). The van der Waals surface area contributed by atoms with Crippen molar-refractivity contribution in [1.29, 1.82) is 0 Å². The van der Waals surface area contributed by atoms with Gasteiger partial charge < -0.3 is 30.4 Å². The van der Waals surface area contributed by atoms with Gasteiger partial charge in [-0.2, -0.15) is 0 Å². The maximum absolute atomic E-state index is 13.1. The molecule has 4 N–H and O–H groups in total. The lowest BCUT2D eigenvalue weighted by Gasteiger charge is -2.24. The summed E-state index contributed by atoms with van der Waals surface area (Å²) < 4.78 is 7.95. The molecule has 2 heterocycles. The SMILES string of the molecule is Cc1ccc2cc1OCCNC(=O)CN(Cc1nc3ccccc3n1Cc1ccccc1Cl)CCNC(=O)[C@H]([C@@H](C)O)NC2=O. The van der Waals surface area contributed by atoms with E-state index in [9.17, 15) is 19.5 Å². The minimum absolute atomic E-state index is 0.0379. The van der Waals surface area contributed by atoms with E-state index in [-0.39, 0.29) is 37.7 Å². The van der Waals surface area contributed by atoms with E-state index in [2.05, 4.69) is 20.5 Å².